The number of ketones is 4. The average Bonchev–Trinajstić information content (AvgIpc) is 1.67. The molecule has 0 radical (unpaired) electrons. The number of ether oxygens (including phenoxy) is 9. The van der Waals surface area contributed by atoms with Gasteiger partial charge in [-0.3, -0.25) is 38.4 Å². The number of carboxylic acids is 2. The van der Waals surface area contributed by atoms with Crippen LogP contribution in [0.1, 0.15) is 141 Å². The molecule has 0 bridgehead atoms. The van der Waals surface area contributed by atoms with E-state index in [0.29, 0.717) is 55.0 Å². The quantitative estimate of drug-likeness (QED) is 0.0163. The number of nitrogens with zero attached hydrogens (tertiary/aromatic N) is 2. The molecular formula is C72H92F2N4O23S6. The molecule has 1 amide bonds. The molecule has 35 heteroatoms. The van der Waals surface area contributed by atoms with Gasteiger partial charge in [-0.1, -0.05) is 42.5 Å². The number of nitrogens with one attached hydrogen (secondary N) is 1. The molecule has 4 heterocycles. The van der Waals surface area contributed by atoms with Crippen LogP contribution in [0.5, 0.6) is 46.0 Å². The number of fused-ring (bicyclic) bond motifs is 4. The van der Waals surface area contributed by atoms with Crippen molar-refractivity contribution in [2.45, 2.75) is 107 Å². The minimum atomic E-state index is -4.02. The number of carboxylic acid groups (broad SMARTS) is 2. The van der Waals surface area contributed by atoms with Gasteiger partial charge in [-0.05, 0) is 67.9 Å². The van der Waals surface area contributed by atoms with Crippen LogP contribution in [0.25, 0.3) is 40.3 Å². The van der Waals surface area contributed by atoms with Crippen molar-refractivity contribution >= 4 is 153 Å². The first kappa shape index (κ1) is 90.7. The molecule has 0 saturated heterocycles. The van der Waals surface area contributed by atoms with Crippen LogP contribution in [0.3, 0.4) is 0 Å². The van der Waals surface area contributed by atoms with Crippen molar-refractivity contribution in [3.05, 3.63) is 91.8 Å². The van der Waals surface area contributed by atoms with E-state index in [1.54, 1.807) is 76.2 Å². The number of amides is 1. The van der Waals surface area contributed by atoms with E-state index in [9.17, 15) is 55.2 Å². The van der Waals surface area contributed by atoms with Gasteiger partial charge >= 0.3 is 28.1 Å². The minimum Gasteiger partial charge on any atom is -0.493 e. The molecule has 0 fully saturated rings. The molecule has 588 valence electrons. The number of methoxy groups -OCH3 is 4. The fraction of sp³-hybridized carbons (Fsp3) is 0.444. The molecular weight excluding hydrogens is 1520 g/mol. The Balaban J connectivity index is 0.000000408. The number of carbonyl (C=O) groups excluding carboxylic acids is 6. The molecule has 4 aromatic heterocycles. The number of esters is 1. The standard InChI is InChI=1S/C35H39FO10S2.C33H37FN2O11S3.C2H8N2O2S.2CH4/c1-18(33(39)40)11-22(37)30-15-21-28(48-30)17-26(43-7)32(31(21)36)45-10-8-9-44-25-13-20-14-29(47-27(20)16-24(25)42-6)23(38)12-19(2)34(41)46-35(3,4)5;1-17(32(39)35-50(42,43)36(3)4)10-21(37)29-14-20-27(49-29)16-25(45-6)31(30(20)34)47-9-7-8-46-24-12-19-13-28(22(38)11-18(2)33(40)41)48-26(19)15-23(24)44-5;1-4(2)7(3,5)6;;/h13-19H,8-12H2,1-7H3,(H,39,40);12-18H,7-11H2,1-6H3,(H,35,39)(H,40,41);1-2H3,(H2,3,5,6);2*1H4/t18-,19-;17-,18-;;;/m00.../s1. The first-order chi connectivity index (χ1) is 49.1. The third kappa shape index (κ3) is 24.7. The maximum Gasteiger partial charge on any atom is 0.309 e. The van der Waals surface area contributed by atoms with Crippen molar-refractivity contribution in [2.24, 2.45) is 28.8 Å². The average molecular weight is 1610 g/mol. The number of hydrogen-bond donors (Lipinski definition) is 4. The SMILES string of the molecule is C.C.CN(C)S(N)(=O)=O.COc1cc2sc(C(=O)C[C@H](C)C(=O)O)cc2cc1OCCCOc1c(OC)cc2sc(C(=O)C[C@H](C)C(=O)NS(=O)(=O)N(C)C)cc2c1F.COc1cc2sc(C(=O)C[C@H](C)C(=O)OC(C)(C)C)cc2cc1OCCCOc1c(OC)cc2sc(C(=O)C[C@H](C)C(=O)O)cc2c1F. The Morgan fingerprint density at radius 3 is 1.12 bits per heavy atom. The van der Waals surface area contributed by atoms with Crippen molar-refractivity contribution < 1.29 is 117 Å². The molecule has 0 aliphatic carbocycles. The van der Waals surface area contributed by atoms with Crippen LogP contribution in [0.4, 0.5) is 8.78 Å². The van der Waals surface area contributed by atoms with Gasteiger partial charge in [-0.15, -0.1) is 45.3 Å². The number of aliphatic carboxylic acids is 2. The number of carbonyl (C=O) groups is 8. The van der Waals surface area contributed by atoms with Crippen molar-refractivity contribution in [3.8, 4) is 46.0 Å². The van der Waals surface area contributed by atoms with Crippen molar-refractivity contribution in [2.75, 3.05) is 83.1 Å². The highest BCUT2D eigenvalue weighted by molar-refractivity contribution is 7.87. The molecule has 4 aromatic carbocycles. The third-order valence-corrected chi connectivity index (χ3v) is 22.3. The van der Waals surface area contributed by atoms with Crippen LogP contribution >= 0.6 is 45.3 Å². The van der Waals surface area contributed by atoms with E-state index in [1.807, 2.05) is 4.72 Å². The summed E-state index contributed by atoms with van der Waals surface area (Å²) in [6, 6.07) is 16.4. The Morgan fingerprint density at radius 1 is 0.477 bits per heavy atom. The molecule has 0 aliphatic rings. The molecule has 0 saturated carbocycles. The van der Waals surface area contributed by atoms with E-state index in [2.05, 4.69) is 5.14 Å². The second-order valence-electron chi connectivity index (χ2n) is 25.3. The lowest BCUT2D eigenvalue weighted by Gasteiger charge is -2.21. The number of halogens is 2. The molecule has 107 heavy (non-hydrogen) atoms. The summed E-state index contributed by atoms with van der Waals surface area (Å²) < 4.78 is 132. The second kappa shape index (κ2) is 39.4. The number of rotatable bonds is 35. The topological polar surface area (TPSA) is 373 Å². The van der Waals surface area contributed by atoms with Gasteiger partial charge in [0, 0.05) is 126 Å². The van der Waals surface area contributed by atoms with Crippen molar-refractivity contribution in [1.82, 2.24) is 13.3 Å². The lowest BCUT2D eigenvalue weighted by Crippen LogP contribution is -2.42. The van der Waals surface area contributed by atoms with Gasteiger partial charge in [0.1, 0.15) is 5.60 Å². The fourth-order valence-electron chi connectivity index (χ4n) is 9.38. The van der Waals surface area contributed by atoms with E-state index in [1.165, 1.54) is 112 Å². The largest absolute Gasteiger partial charge is 0.493 e. The maximum atomic E-state index is 15.7. The number of nitrogens with two attached hydrogens (primary N) is 1. The number of benzene rings is 4. The lowest BCUT2D eigenvalue weighted by molar-refractivity contribution is -0.159. The van der Waals surface area contributed by atoms with Crippen molar-refractivity contribution in [3.63, 3.8) is 0 Å². The van der Waals surface area contributed by atoms with Gasteiger partial charge in [0.2, 0.25) is 5.91 Å². The van der Waals surface area contributed by atoms with Gasteiger partial charge in [-0.2, -0.15) is 25.4 Å². The normalized spacial score (nSPS) is 12.6. The smallest absolute Gasteiger partial charge is 0.309 e. The number of thiophene rings is 4. The molecule has 0 unspecified atom stereocenters. The molecule has 0 spiro atoms. The minimum absolute atomic E-state index is 0. The Morgan fingerprint density at radius 2 is 0.794 bits per heavy atom. The van der Waals surface area contributed by atoms with E-state index in [-0.39, 0.29) is 128 Å². The zero-order valence-electron chi connectivity index (χ0n) is 60.3. The third-order valence-electron chi connectivity index (χ3n) is 15.4. The summed E-state index contributed by atoms with van der Waals surface area (Å²) >= 11 is 4.63. The molecule has 8 rings (SSSR count). The highest BCUT2D eigenvalue weighted by Crippen LogP contribution is 2.44. The van der Waals surface area contributed by atoms with Crippen LogP contribution in [0, 0.1) is 35.3 Å². The van der Waals surface area contributed by atoms with Gasteiger partial charge in [0.05, 0.1) is 92.1 Å². The zero-order valence-corrected chi connectivity index (χ0v) is 65.2. The maximum absolute atomic E-state index is 15.7. The van der Waals surface area contributed by atoms with E-state index in [4.69, 9.17) is 52.8 Å². The monoisotopic (exact) mass is 1610 g/mol. The number of Topliss-reactive ketones (excluding diaryl/α,β-unsaturated/α-hetero) is 4. The summed E-state index contributed by atoms with van der Waals surface area (Å²) in [5, 5.41) is 24.7. The van der Waals surface area contributed by atoms with Gasteiger partial charge < -0.3 is 52.8 Å². The predicted octanol–water partition coefficient (Wildman–Crippen LogP) is 13.5. The second-order valence-corrected chi connectivity index (χ2v) is 33.3. The summed E-state index contributed by atoms with van der Waals surface area (Å²) in [7, 11) is 3.59. The lowest BCUT2D eigenvalue weighted by atomic mass is 10.0. The van der Waals surface area contributed by atoms with Crippen molar-refractivity contribution in [1.29, 1.82) is 0 Å². The molecule has 8 aromatic rings. The molecule has 0 aliphatic heterocycles. The van der Waals surface area contributed by atoms with Crippen LogP contribution < -0.4 is 47.8 Å². The summed E-state index contributed by atoms with van der Waals surface area (Å²) in [6.07, 6.45) is 0.136. The summed E-state index contributed by atoms with van der Waals surface area (Å²) in [6.45, 7) is 11.9. The predicted molar refractivity (Wildman–Crippen MR) is 409 cm³/mol. The first-order valence-corrected chi connectivity index (χ1v) is 38.4. The van der Waals surface area contributed by atoms with E-state index >= 15 is 8.78 Å². The van der Waals surface area contributed by atoms with Crippen LogP contribution in [0.2, 0.25) is 0 Å². The van der Waals surface area contributed by atoms with Gasteiger partial charge in [0.25, 0.3) is 10.2 Å². The van der Waals surface area contributed by atoms with Crippen LogP contribution in [0.15, 0.2) is 60.7 Å². The van der Waals surface area contributed by atoms with Crippen LogP contribution in [-0.4, -0.2) is 171 Å². The summed E-state index contributed by atoms with van der Waals surface area (Å²) in [5.41, 5.74) is -0.634. The number of hydrogen-bond acceptors (Lipinski definition) is 25. The highest BCUT2D eigenvalue weighted by Gasteiger charge is 2.30. The highest BCUT2D eigenvalue weighted by atomic mass is 32.2. The van der Waals surface area contributed by atoms with Gasteiger partial charge in [-0.25, -0.2) is 18.6 Å². The Labute approximate surface area is 636 Å². The zero-order chi connectivity index (χ0) is 78.3. The van der Waals surface area contributed by atoms with E-state index in [0.717, 1.165) is 51.5 Å². The van der Waals surface area contributed by atoms with E-state index < -0.39 is 90.9 Å². The summed E-state index contributed by atoms with van der Waals surface area (Å²) in [5.74, 6) is -7.42. The first-order valence-electron chi connectivity index (χ1n) is 32.2. The molecule has 4 atom stereocenters. The molecule has 5 N–H and O–H groups in total. The van der Waals surface area contributed by atoms with Gasteiger partial charge in [0.15, 0.2) is 80.8 Å². The summed E-state index contributed by atoms with van der Waals surface area (Å²) in [4.78, 5) is 99.6. The Kier molecular flexibility index (Phi) is 33.4. The Bertz CT molecular complexity index is 4770. The molecule has 27 nitrogen and oxygen atoms in total. The van der Waals surface area contributed by atoms with Crippen LogP contribution in [-0.2, 0) is 44.3 Å². The fourth-order valence-corrected chi connectivity index (χ4v) is 14.1. The Hall–Kier alpha value is -8.68.